The molecule has 2 heterocycles. The number of rotatable bonds is 5. The highest BCUT2D eigenvalue weighted by Crippen LogP contribution is 2.30. The largest absolute Gasteiger partial charge is 0.493 e. The zero-order valence-electron chi connectivity index (χ0n) is 16.0. The number of amides is 2. The number of carbonyl (C=O) groups is 2. The van der Waals surface area contributed by atoms with Crippen molar-refractivity contribution in [1.29, 1.82) is 0 Å². The second kappa shape index (κ2) is 8.28. The van der Waals surface area contributed by atoms with Crippen LogP contribution in [0.1, 0.15) is 25.7 Å². The van der Waals surface area contributed by atoms with Crippen molar-refractivity contribution in [1.82, 2.24) is 9.91 Å². The molecule has 2 aliphatic heterocycles. The van der Waals surface area contributed by atoms with E-state index in [0.29, 0.717) is 43.1 Å². The van der Waals surface area contributed by atoms with Gasteiger partial charge in [-0.2, -0.15) is 5.10 Å². The van der Waals surface area contributed by atoms with E-state index in [1.54, 1.807) is 21.3 Å². The number of hydrazone groups is 1. The van der Waals surface area contributed by atoms with Crippen molar-refractivity contribution in [2.45, 2.75) is 31.7 Å². The van der Waals surface area contributed by atoms with E-state index in [1.165, 1.54) is 5.01 Å². The molecule has 146 valence electrons. The summed E-state index contributed by atoms with van der Waals surface area (Å²) in [5.74, 6) is 1.21. The molecule has 8 heteroatoms. The van der Waals surface area contributed by atoms with E-state index in [-0.39, 0.29) is 17.9 Å². The maximum atomic E-state index is 12.8. The predicted molar refractivity (Wildman–Crippen MR) is 102 cm³/mol. The maximum absolute atomic E-state index is 12.8. The Labute approximate surface area is 159 Å². The van der Waals surface area contributed by atoms with Gasteiger partial charge in [0.1, 0.15) is 5.71 Å². The number of likely N-dealkylation sites (tertiary alicyclic amines) is 1. The smallest absolute Gasteiger partial charge is 0.270 e. The second-order valence-electron chi connectivity index (χ2n) is 6.77. The average Bonchev–Trinajstić information content (AvgIpc) is 2.69. The van der Waals surface area contributed by atoms with Gasteiger partial charge in [-0.3, -0.25) is 9.59 Å². The van der Waals surface area contributed by atoms with Gasteiger partial charge in [0.15, 0.2) is 11.5 Å². The lowest BCUT2D eigenvalue weighted by Crippen LogP contribution is -2.48. The molecule has 27 heavy (non-hydrogen) atoms. The third kappa shape index (κ3) is 4.32. The van der Waals surface area contributed by atoms with Gasteiger partial charge in [0, 0.05) is 50.8 Å². The lowest BCUT2D eigenvalue weighted by atomic mass is 10.0. The summed E-state index contributed by atoms with van der Waals surface area (Å²) in [5, 5.41) is 8.89. The molecule has 1 aromatic carbocycles. The topological polar surface area (TPSA) is 83.5 Å². The lowest BCUT2D eigenvalue weighted by molar-refractivity contribution is -0.130. The number of hydrogen-bond donors (Lipinski definition) is 1. The Morgan fingerprint density at radius 3 is 2.70 bits per heavy atom. The van der Waals surface area contributed by atoms with Gasteiger partial charge in [-0.1, -0.05) is 0 Å². The van der Waals surface area contributed by atoms with Crippen LogP contribution in [0.3, 0.4) is 0 Å². The van der Waals surface area contributed by atoms with E-state index in [0.717, 1.165) is 18.5 Å². The molecule has 1 fully saturated rings. The molecule has 3 rings (SSSR count). The fourth-order valence-corrected chi connectivity index (χ4v) is 3.45. The van der Waals surface area contributed by atoms with E-state index in [1.807, 2.05) is 23.1 Å². The molecule has 2 amide bonds. The molecule has 1 saturated heterocycles. The minimum Gasteiger partial charge on any atom is -0.493 e. The summed E-state index contributed by atoms with van der Waals surface area (Å²) in [6, 6.07) is 5.83. The molecule has 0 bridgehead atoms. The van der Waals surface area contributed by atoms with Gasteiger partial charge >= 0.3 is 0 Å². The number of methoxy groups -OCH3 is 2. The molecule has 0 aliphatic carbocycles. The minimum atomic E-state index is -0.0758. The summed E-state index contributed by atoms with van der Waals surface area (Å²) in [6.45, 7) is 1.31. The Morgan fingerprint density at radius 2 is 2.00 bits per heavy atom. The minimum absolute atomic E-state index is 0.0572. The molecule has 2 aliphatic rings. The number of nitrogens with one attached hydrogen (secondary N) is 1. The highest BCUT2D eigenvalue weighted by atomic mass is 16.5. The van der Waals surface area contributed by atoms with Gasteiger partial charge in [0.2, 0.25) is 5.91 Å². The number of piperidine rings is 1. The number of hydrogen-bond acceptors (Lipinski definition) is 6. The van der Waals surface area contributed by atoms with Crippen LogP contribution in [0.4, 0.5) is 5.69 Å². The van der Waals surface area contributed by atoms with Gasteiger partial charge in [-0.15, -0.1) is 0 Å². The zero-order chi connectivity index (χ0) is 19.4. The third-order valence-electron chi connectivity index (χ3n) is 4.92. The van der Waals surface area contributed by atoms with Crippen molar-refractivity contribution in [2.24, 2.45) is 5.10 Å². The molecule has 1 aromatic rings. The van der Waals surface area contributed by atoms with Crippen LogP contribution in [0.15, 0.2) is 23.3 Å². The fourth-order valence-electron chi connectivity index (χ4n) is 3.45. The van der Waals surface area contributed by atoms with Gasteiger partial charge < -0.3 is 19.7 Å². The van der Waals surface area contributed by atoms with E-state index in [2.05, 4.69) is 10.4 Å². The van der Waals surface area contributed by atoms with Crippen LogP contribution in [0.2, 0.25) is 0 Å². The van der Waals surface area contributed by atoms with Gasteiger partial charge in [-0.25, -0.2) is 5.01 Å². The molecule has 0 radical (unpaired) electrons. The average molecular weight is 374 g/mol. The fraction of sp³-hybridized carbons (Fsp3) is 0.526. The second-order valence-corrected chi connectivity index (χ2v) is 6.77. The number of nitrogens with zero attached hydrogens (tertiary/aromatic N) is 3. The lowest BCUT2D eigenvalue weighted by Gasteiger charge is -2.34. The number of anilines is 1. The summed E-state index contributed by atoms with van der Waals surface area (Å²) in [7, 11) is 4.80. The number of benzene rings is 1. The van der Waals surface area contributed by atoms with Gasteiger partial charge in [-0.05, 0) is 25.0 Å². The molecular weight excluding hydrogens is 348 g/mol. The van der Waals surface area contributed by atoms with Gasteiger partial charge in [0.25, 0.3) is 5.91 Å². The molecule has 0 saturated carbocycles. The number of carbonyl (C=O) groups excluding carboxylic acids is 2. The van der Waals surface area contributed by atoms with E-state index in [9.17, 15) is 9.59 Å². The Hall–Kier alpha value is -2.77. The van der Waals surface area contributed by atoms with Gasteiger partial charge in [0.05, 0.1) is 14.2 Å². The highest BCUT2D eigenvalue weighted by Gasteiger charge is 2.29. The SMILES string of the molecule is COc1ccc(N[C@H]2CCCN(C(=O)C3=NN(C)C(=O)CC3)C2)cc1OC. The predicted octanol–water partition coefficient (Wildman–Crippen LogP) is 1.71. The maximum Gasteiger partial charge on any atom is 0.270 e. The van der Waals surface area contributed by atoms with Crippen molar-refractivity contribution in [3.05, 3.63) is 18.2 Å². The Bertz CT molecular complexity index is 749. The molecule has 1 atom stereocenters. The zero-order valence-corrected chi connectivity index (χ0v) is 16.0. The van der Waals surface area contributed by atoms with Crippen LogP contribution < -0.4 is 14.8 Å². The van der Waals surface area contributed by atoms with Crippen LogP contribution >= 0.6 is 0 Å². The Kier molecular flexibility index (Phi) is 5.83. The standard InChI is InChI=1S/C19H26N4O4/c1-22-18(24)9-7-15(21-22)19(25)23-10-4-5-14(12-23)20-13-6-8-16(26-2)17(11-13)27-3/h6,8,11,14,20H,4-5,7,9-10,12H2,1-3H3/t14-/m0/s1. The van der Waals surface area contributed by atoms with E-state index >= 15 is 0 Å². The van der Waals surface area contributed by atoms with Crippen LogP contribution in [-0.4, -0.2) is 67.8 Å². The van der Waals surface area contributed by atoms with Crippen molar-refractivity contribution < 1.29 is 19.1 Å². The van der Waals surface area contributed by atoms with Crippen LogP contribution in [-0.2, 0) is 9.59 Å². The monoisotopic (exact) mass is 374 g/mol. The molecule has 0 spiro atoms. The molecule has 8 nitrogen and oxygen atoms in total. The third-order valence-corrected chi connectivity index (χ3v) is 4.92. The summed E-state index contributed by atoms with van der Waals surface area (Å²) < 4.78 is 10.6. The summed E-state index contributed by atoms with van der Waals surface area (Å²) in [5.41, 5.74) is 1.39. The normalized spacial score (nSPS) is 20.2. The van der Waals surface area contributed by atoms with Crippen LogP contribution in [0, 0.1) is 0 Å². The van der Waals surface area contributed by atoms with Crippen LogP contribution in [0.5, 0.6) is 11.5 Å². The first-order valence-corrected chi connectivity index (χ1v) is 9.13. The van der Waals surface area contributed by atoms with Crippen molar-refractivity contribution in [3.8, 4) is 11.5 Å². The van der Waals surface area contributed by atoms with Crippen molar-refractivity contribution >= 4 is 23.2 Å². The first-order chi connectivity index (χ1) is 13.0. The first kappa shape index (κ1) is 19.0. The molecule has 0 unspecified atom stereocenters. The van der Waals surface area contributed by atoms with Crippen molar-refractivity contribution in [2.75, 3.05) is 39.7 Å². The summed E-state index contributed by atoms with van der Waals surface area (Å²) in [6.07, 6.45) is 2.64. The van der Waals surface area contributed by atoms with Crippen molar-refractivity contribution in [3.63, 3.8) is 0 Å². The van der Waals surface area contributed by atoms with Crippen LogP contribution in [0.25, 0.3) is 0 Å². The summed E-state index contributed by atoms with van der Waals surface area (Å²) >= 11 is 0. The van der Waals surface area contributed by atoms with E-state index < -0.39 is 0 Å². The first-order valence-electron chi connectivity index (χ1n) is 9.13. The Morgan fingerprint density at radius 1 is 1.22 bits per heavy atom. The quantitative estimate of drug-likeness (QED) is 0.848. The molecular formula is C19H26N4O4. The number of ether oxygens (including phenoxy) is 2. The molecule has 1 N–H and O–H groups in total. The highest BCUT2D eigenvalue weighted by molar-refractivity contribution is 6.39. The van der Waals surface area contributed by atoms with E-state index in [4.69, 9.17) is 9.47 Å². The summed E-state index contributed by atoms with van der Waals surface area (Å²) in [4.78, 5) is 26.2. The Balaban J connectivity index is 1.65. The molecule has 0 aromatic heterocycles.